The molecule has 0 spiro atoms. The second-order valence-electron chi connectivity index (χ2n) is 4.54. The molecule has 0 atom stereocenters. The maximum absolute atomic E-state index is 13.4. The van der Waals surface area contributed by atoms with Crippen LogP contribution >= 0.6 is 0 Å². The van der Waals surface area contributed by atoms with Crippen molar-refractivity contribution in [3.63, 3.8) is 0 Å². The molecule has 1 N–H and O–H groups in total. The van der Waals surface area contributed by atoms with Gasteiger partial charge in [0.2, 0.25) is 0 Å². The number of amides is 1. The third-order valence-electron chi connectivity index (χ3n) is 2.93. The van der Waals surface area contributed by atoms with E-state index in [0.717, 1.165) is 12.1 Å². The monoisotopic (exact) mass is 305 g/mol. The Morgan fingerprint density at radius 2 is 1.68 bits per heavy atom. The number of ether oxygens (including phenoxy) is 1. The van der Waals surface area contributed by atoms with Crippen LogP contribution in [0.15, 0.2) is 42.5 Å². The Labute approximate surface area is 125 Å². The number of esters is 1. The molecule has 0 fully saturated rings. The number of aryl methyl sites for hydroxylation is 1. The number of anilines is 1. The quantitative estimate of drug-likeness (QED) is 0.883. The fraction of sp³-hybridized carbons (Fsp3) is 0.125. The molecule has 2 aromatic carbocycles. The van der Waals surface area contributed by atoms with Crippen LogP contribution in [-0.2, 0) is 9.53 Å². The van der Waals surface area contributed by atoms with E-state index in [1.165, 1.54) is 6.07 Å². The van der Waals surface area contributed by atoms with E-state index in [2.05, 4.69) is 0 Å². The number of carbonyl (C=O) groups excluding carboxylic acids is 2. The molecule has 22 heavy (non-hydrogen) atoms. The fourth-order valence-corrected chi connectivity index (χ4v) is 1.80. The van der Waals surface area contributed by atoms with Crippen LogP contribution in [0.25, 0.3) is 0 Å². The highest BCUT2D eigenvalue weighted by Crippen LogP contribution is 2.17. The standard InChI is InChI=1S/C16H13F2NO3/c1-10-5-2-3-6-11(10)16(21)22-9-14(20)19-15-12(17)7-4-8-13(15)18/h2-8H,9H2,1H3,(H,19,20). The molecule has 0 heterocycles. The van der Waals surface area contributed by atoms with Crippen molar-refractivity contribution in [1.29, 1.82) is 0 Å². The molecular formula is C16H13F2NO3. The van der Waals surface area contributed by atoms with Gasteiger partial charge in [0.1, 0.15) is 17.3 Å². The van der Waals surface area contributed by atoms with Crippen LogP contribution in [0.1, 0.15) is 15.9 Å². The van der Waals surface area contributed by atoms with Gasteiger partial charge in [-0.25, -0.2) is 13.6 Å². The number of benzene rings is 2. The van der Waals surface area contributed by atoms with E-state index < -0.39 is 35.8 Å². The zero-order valence-electron chi connectivity index (χ0n) is 11.7. The van der Waals surface area contributed by atoms with E-state index in [-0.39, 0.29) is 0 Å². The molecule has 0 aliphatic heterocycles. The van der Waals surface area contributed by atoms with Gasteiger partial charge in [-0.1, -0.05) is 24.3 Å². The number of nitrogens with one attached hydrogen (secondary N) is 1. The van der Waals surface area contributed by atoms with Gasteiger partial charge in [-0.2, -0.15) is 0 Å². The topological polar surface area (TPSA) is 55.4 Å². The number of para-hydroxylation sites is 1. The van der Waals surface area contributed by atoms with Crippen LogP contribution in [-0.4, -0.2) is 18.5 Å². The second-order valence-corrected chi connectivity index (χ2v) is 4.54. The molecule has 0 aliphatic carbocycles. The van der Waals surface area contributed by atoms with Crippen molar-refractivity contribution in [3.05, 3.63) is 65.2 Å². The molecule has 0 saturated carbocycles. The Morgan fingerprint density at radius 1 is 1.05 bits per heavy atom. The SMILES string of the molecule is Cc1ccccc1C(=O)OCC(=O)Nc1c(F)cccc1F. The summed E-state index contributed by atoms with van der Waals surface area (Å²) in [6, 6.07) is 9.92. The maximum Gasteiger partial charge on any atom is 0.338 e. The maximum atomic E-state index is 13.4. The molecule has 2 aromatic rings. The molecular weight excluding hydrogens is 292 g/mol. The third-order valence-corrected chi connectivity index (χ3v) is 2.93. The summed E-state index contributed by atoms with van der Waals surface area (Å²) in [6.45, 7) is 1.09. The smallest absolute Gasteiger partial charge is 0.338 e. The van der Waals surface area contributed by atoms with Gasteiger partial charge < -0.3 is 10.1 Å². The first kappa shape index (κ1) is 15.6. The number of rotatable bonds is 4. The lowest BCUT2D eigenvalue weighted by atomic mass is 10.1. The van der Waals surface area contributed by atoms with E-state index in [9.17, 15) is 18.4 Å². The minimum absolute atomic E-state index is 0.326. The van der Waals surface area contributed by atoms with E-state index >= 15 is 0 Å². The number of hydrogen-bond acceptors (Lipinski definition) is 3. The molecule has 0 radical (unpaired) electrons. The van der Waals surface area contributed by atoms with Crippen LogP contribution in [0.3, 0.4) is 0 Å². The largest absolute Gasteiger partial charge is 0.452 e. The summed E-state index contributed by atoms with van der Waals surface area (Å²) in [5, 5.41) is 2.03. The molecule has 6 heteroatoms. The summed E-state index contributed by atoms with van der Waals surface area (Å²) in [5.74, 6) is -3.31. The van der Waals surface area contributed by atoms with Gasteiger partial charge in [0.25, 0.3) is 5.91 Å². The third kappa shape index (κ3) is 3.66. The van der Waals surface area contributed by atoms with E-state index in [0.29, 0.717) is 11.1 Å². The first-order valence-corrected chi connectivity index (χ1v) is 6.45. The molecule has 0 saturated heterocycles. The average Bonchev–Trinajstić information content (AvgIpc) is 2.49. The summed E-state index contributed by atoms with van der Waals surface area (Å²) < 4.78 is 31.6. The van der Waals surface area contributed by atoms with Crippen molar-refractivity contribution >= 4 is 17.6 Å². The Morgan fingerprint density at radius 3 is 2.32 bits per heavy atom. The minimum Gasteiger partial charge on any atom is -0.452 e. The summed E-state index contributed by atoms with van der Waals surface area (Å²) in [6.07, 6.45) is 0. The van der Waals surface area contributed by atoms with Crippen molar-refractivity contribution in [3.8, 4) is 0 Å². The molecule has 4 nitrogen and oxygen atoms in total. The van der Waals surface area contributed by atoms with Gasteiger partial charge in [0.05, 0.1) is 5.56 Å². The molecule has 1 amide bonds. The highest BCUT2D eigenvalue weighted by Gasteiger charge is 2.15. The van der Waals surface area contributed by atoms with Crippen molar-refractivity contribution in [2.75, 3.05) is 11.9 Å². The Kier molecular flexibility index (Phi) is 4.83. The average molecular weight is 305 g/mol. The van der Waals surface area contributed by atoms with Crippen molar-refractivity contribution in [2.45, 2.75) is 6.92 Å². The van der Waals surface area contributed by atoms with E-state index in [4.69, 9.17) is 4.74 Å². The second kappa shape index (κ2) is 6.80. The Bertz CT molecular complexity index is 696. The Balaban J connectivity index is 1.96. The normalized spacial score (nSPS) is 10.1. The van der Waals surface area contributed by atoms with Crippen molar-refractivity contribution < 1.29 is 23.1 Å². The summed E-state index contributed by atoms with van der Waals surface area (Å²) >= 11 is 0. The number of carbonyl (C=O) groups is 2. The van der Waals surface area contributed by atoms with Gasteiger partial charge in [0.15, 0.2) is 6.61 Å². The van der Waals surface area contributed by atoms with E-state index in [1.54, 1.807) is 31.2 Å². The fourth-order valence-electron chi connectivity index (χ4n) is 1.80. The van der Waals surface area contributed by atoms with Crippen LogP contribution in [0.4, 0.5) is 14.5 Å². The predicted octanol–water partition coefficient (Wildman–Crippen LogP) is 3.07. The predicted molar refractivity (Wildman–Crippen MR) is 76.4 cm³/mol. The van der Waals surface area contributed by atoms with Gasteiger partial charge in [0, 0.05) is 0 Å². The lowest BCUT2D eigenvalue weighted by molar-refractivity contribution is -0.119. The molecule has 2 rings (SSSR count). The summed E-state index contributed by atoms with van der Waals surface area (Å²) in [7, 11) is 0. The van der Waals surface area contributed by atoms with Gasteiger partial charge in [-0.05, 0) is 30.7 Å². The number of hydrogen-bond donors (Lipinski definition) is 1. The van der Waals surface area contributed by atoms with Gasteiger partial charge in [-0.3, -0.25) is 4.79 Å². The van der Waals surface area contributed by atoms with Crippen LogP contribution in [0, 0.1) is 18.6 Å². The molecule has 0 aromatic heterocycles. The minimum atomic E-state index is -0.904. The Hall–Kier alpha value is -2.76. The van der Waals surface area contributed by atoms with Crippen LogP contribution < -0.4 is 5.32 Å². The van der Waals surface area contributed by atoms with E-state index in [1.807, 2.05) is 5.32 Å². The molecule has 114 valence electrons. The van der Waals surface area contributed by atoms with Gasteiger partial charge >= 0.3 is 5.97 Å². The zero-order valence-corrected chi connectivity index (χ0v) is 11.7. The molecule has 0 bridgehead atoms. The first-order valence-electron chi connectivity index (χ1n) is 6.45. The summed E-state index contributed by atoms with van der Waals surface area (Å²) in [5.41, 5.74) is 0.458. The highest BCUT2D eigenvalue weighted by atomic mass is 19.1. The first-order chi connectivity index (χ1) is 10.5. The zero-order chi connectivity index (χ0) is 16.1. The van der Waals surface area contributed by atoms with Gasteiger partial charge in [-0.15, -0.1) is 0 Å². The van der Waals surface area contributed by atoms with Crippen molar-refractivity contribution in [1.82, 2.24) is 0 Å². The summed E-state index contributed by atoms with van der Waals surface area (Å²) in [4.78, 5) is 23.4. The van der Waals surface area contributed by atoms with Crippen LogP contribution in [0.5, 0.6) is 0 Å². The molecule has 0 aliphatic rings. The van der Waals surface area contributed by atoms with Crippen molar-refractivity contribution in [2.24, 2.45) is 0 Å². The lowest BCUT2D eigenvalue weighted by Gasteiger charge is -2.09. The highest BCUT2D eigenvalue weighted by molar-refractivity contribution is 5.96. The molecule has 0 unspecified atom stereocenters. The van der Waals surface area contributed by atoms with Crippen LogP contribution in [0.2, 0.25) is 0 Å². The lowest BCUT2D eigenvalue weighted by Crippen LogP contribution is -2.22. The number of halogens is 2.